The van der Waals surface area contributed by atoms with Gasteiger partial charge in [-0.05, 0) is 32.9 Å². The van der Waals surface area contributed by atoms with Gasteiger partial charge in [0.25, 0.3) is 0 Å². The van der Waals surface area contributed by atoms with Crippen LogP contribution in [0, 0.1) is 6.92 Å². The molecular formula is C16H23N5O2S. The number of carbonyl (C=O) groups excluding carboxylic acids is 1. The van der Waals surface area contributed by atoms with Crippen molar-refractivity contribution >= 4 is 17.7 Å². The van der Waals surface area contributed by atoms with Crippen LogP contribution in [0.2, 0.25) is 0 Å². The standard InChI is InChI=1S/C16H23N5O2S/c1-4-20(5-2)15(22)11-24-16-19-18-14(21(16)17)10-23-13-8-6-12(3)7-9-13/h6-9H,4-5,10-11,17H2,1-3H3. The molecule has 130 valence electrons. The number of thioether (sulfide) groups is 1. The van der Waals surface area contributed by atoms with Gasteiger partial charge in [-0.2, -0.15) is 0 Å². The summed E-state index contributed by atoms with van der Waals surface area (Å²) in [7, 11) is 0. The number of rotatable bonds is 8. The smallest absolute Gasteiger partial charge is 0.233 e. The Bertz CT molecular complexity index is 668. The predicted molar refractivity (Wildman–Crippen MR) is 94.3 cm³/mol. The first-order valence-corrected chi connectivity index (χ1v) is 8.83. The molecule has 0 saturated heterocycles. The van der Waals surface area contributed by atoms with E-state index in [0.717, 1.165) is 5.75 Å². The quantitative estimate of drug-likeness (QED) is 0.578. The molecule has 1 heterocycles. The Hall–Kier alpha value is -2.22. The summed E-state index contributed by atoms with van der Waals surface area (Å²) in [4.78, 5) is 13.8. The number of carbonyl (C=O) groups is 1. The number of hydrogen-bond donors (Lipinski definition) is 1. The Labute approximate surface area is 146 Å². The third kappa shape index (κ3) is 4.64. The molecule has 2 N–H and O–H groups in total. The first-order valence-electron chi connectivity index (χ1n) is 7.84. The zero-order chi connectivity index (χ0) is 17.5. The maximum Gasteiger partial charge on any atom is 0.233 e. The Balaban J connectivity index is 1.91. The van der Waals surface area contributed by atoms with Gasteiger partial charge in [-0.15, -0.1) is 10.2 Å². The number of amides is 1. The minimum atomic E-state index is 0.0606. The minimum absolute atomic E-state index is 0.0606. The van der Waals surface area contributed by atoms with E-state index in [4.69, 9.17) is 10.6 Å². The summed E-state index contributed by atoms with van der Waals surface area (Å²) in [5.74, 6) is 7.59. The van der Waals surface area contributed by atoms with Gasteiger partial charge in [0.15, 0.2) is 5.82 Å². The summed E-state index contributed by atoms with van der Waals surface area (Å²) in [5, 5.41) is 8.55. The zero-order valence-corrected chi connectivity index (χ0v) is 15.0. The fourth-order valence-corrected chi connectivity index (χ4v) is 2.86. The topological polar surface area (TPSA) is 86.3 Å². The molecule has 0 fully saturated rings. The molecular weight excluding hydrogens is 326 g/mol. The second-order valence-electron chi connectivity index (χ2n) is 5.23. The summed E-state index contributed by atoms with van der Waals surface area (Å²) in [5.41, 5.74) is 1.17. The molecule has 7 nitrogen and oxygen atoms in total. The third-order valence-electron chi connectivity index (χ3n) is 3.56. The molecule has 24 heavy (non-hydrogen) atoms. The van der Waals surface area contributed by atoms with Crippen molar-refractivity contribution in [3.63, 3.8) is 0 Å². The lowest BCUT2D eigenvalue weighted by Crippen LogP contribution is -2.32. The van der Waals surface area contributed by atoms with Crippen LogP contribution in [-0.2, 0) is 11.4 Å². The number of benzene rings is 1. The average molecular weight is 349 g/mol. The fourth-order valence-electron chi connectivity index (χ4n) is 2.08. The van der Waals surface area contributed by atoms with Gasteiger partial charge in [0.2, 0.25) is 11.1 Å². The van der Waals surface area contributed by atoms with E-state index < -0.39 is 0 Å². The number of ether oxygens (including phenoxy) is 1. The van der Waals surface area contributed by atoms with Crippen molar-refractivity contribution in [2.75, 3.05) is 24.7 Å². The van der Waals surface area contributed by atoms with Crippen molar-refractivity contribution in [3.8, 4) is 5.75 Å². The molecule has 0 aliphatic carbocycles. The van der Waals surface area contributed by atoms with Gasteiger partial charge < -0.3 is 15.5 Å². The molecule has 0 atom stereocenters. The summed E-state index contributed by atoms with van der Waals surface area (Å²) in [6.07, 6.45) is 0. The monoisotopic (exact) mass is 349 g/mol. The summed E-state index contributed by atoms with van der Waals surface area (Å²) in [6, 6.07) is 7.74. The maximum atomic E-state index is 12.0. The molecule has 1 aromatic carbocycles. The molecule has 0 spiro atoms. The predicted octanol–water partition coefficient (Wildman–Crippen LogP) is 1.84. The zero-order valence-electron chi connectivity index (χ0n) is 14.2. The highest BCUT2D eigenvalue weighted by molar-refractivity contribution is 7.99. The minimum Gasteiger partial charge on any atom is -0.486 e. The number of aromatic nitrogens is 3. The summed E-state index contributed by atoms with van der Waals surface area (Å²) >= 11 is 1.28. The molecule has 0 saturated carbocycles. The largest absolute Gasteiger partial charge is 0.486 e. The van der Waals surface area contributed by atoms with Crippen LogP contribution >= 0.6 is 11.8 Å². The first-order chi connectivity index (χ1) is 11.5. The van der Waals surface area contributed by atoms with Gasteiger partial charge >= 0.3 is 0 Å². The van der Waals surface area contributed by atoms with E-state index in [1.807, 2.05) is 45.0 Å². The van der Waals surface area contributed by atoms with E-state index in [1.165, 1.54) is 22.0 Å². The van der Waals surface area contributed by atoms with Crippen molar-refractivity contribution in [2.24, 2.45) is 0 Å². The van der Waals surface area contributed by atoms with Crippen LogP contribution in [0.1, 0.15) is 25.2 Å². The summed E-state index contributed by atoms with van der Waals surface area (Å²) in [6.45, 7) is 7.54. The van der Waals surface area contributed by atoms with Crippen LogP contribution in [-0.4, -0.2) is 44.5 Å². The van der Waals surface area contributed by atoms with E-state index in [9.17, 15) is 4.79 Å². The highest BCUT2D eigenvalue weighted by Crippen LogP contribution is 2.17. The molecule has 8 heteroatoms. The molecule has 0 radical (unpaired) electrons. The maximum absolute atomic E-state index is 12.0. The van der Waals surface area contributed by atoms with E-state index in [2.05, 4.69) is 10.2 Å². The van der Waals surface area contributed by atoms with Gasteiger partial charge in [-0.25, -0.2) is 4.68 Å². The second kappa shape index (κ2) is 8.58. The molecule has 0 bridgehead atoms. The average Bonchev–Trinajstić information content (AvgIpc) is 2.93. The van der Waals surface area contributed by atoms with Crippen LogP contribution in [0.4, 0.5) is 0 Å². The van der Waals surface area contributed by atoms with E-state index >= 15 is 0 Å². The Morgan fingerprint density at radius 1 is 1.25 bits per heavy atom. The van der Waals surface area contributed by atoms with Crippen LogP contribution in [0.15, 0.2) is 29.4 Å². The van der Waals surface area contributed by atoms with Gasteiger partial charge in [-0.1, -0.05) is 29.5 Å². The van der Waals surface area contributed by atoms with E-state index in [0.29, 0.717) is 24.1 Å². The van der Waals surface area contributed by atoms with Crippen molar-refractivity contribution in [1.29, 1.82) is 0 Å². The Kier molecular flexibility index (Phi) is 6.48. The normalized spacial score (nSPS) is 10.6. The van der Waals surface area contributed by atoms with Crippen molar-refractivity contribution in [3.05, 3.63) is 35.7 Å². The molecule has 2 aromatic rings. The lowest BCUT2D eigenvalue weighted by atomic mass is 10.2. The molecule has 2 rings (SSSR count). The highest BCUT2D eigenvalue weighted by Gasteiger charge is 2.15. The van der Waals surface area contributed by atoms with E-state index in [-0.39, 0.29) is 18.3 Å². The van der Waals surface area contributed by atoms with Gasteiger partial charge in [-0.3, -0.25) is 4.79 Å². The number of nitrogens with two attached hydrogens (primary N) is 1. The van der Waals surface area contributed by atoms with Crippen molar-refractivity contribution < 1.29 is 9.53 Å². The number of hydrogen-bond acceptors (Lipinski definition) is 6. The lowest BCUT2D eigenvalue weighted by molar-refractivity contribution is -0.127. The highest BCUT2D eigenvalue weighted by atomic mass is 32.2. The molecule has 1 amide bonds. The Morgan fingerprint density at radius 2 is 1.92 bits per heavy atom. The van der Waals surface area contributed by atoms with Gasteiger partial charge in [0.05, 0.1) is 5.75 Å². The SMILES string of the molecule is CCN(CC)C(=O)CSc1nnc(COc2ccc(C)cc2)n1N. The second-order valence-corrected chi connectivity index (χ2v) is 6.17. The molecule has 0 aliphatic rings. The van der Waals surface area contributed by atoms with Crippen LogP contribution < -0.4 is 10.6 Å². The molecule has 0 unspecified atom stereocenters. The van der Waals surface area contributed by atoms with Gasteiger partial charge in [0.1, 0.15) is 12.4 Å². The number of nitrogen functional groups attached to an aromatic ring is 1. The lowest BCUT2D eigenvalue weighted by Gasteiger charge is -2.17. The van der Waals surface area contributed by atoms with Crippen LogP contribution in [0.5, 0.6) is 5.75 Å². The summed E-state index contributed by atoms with van der Waals surface area (Å²) < 4.78 is 7.02. The number of nitrogens with zero attached hydrogens (tertiary/aromatic N) is 4. The van der Waals surface area contributed by atoms with Crippen LogP contribution in [0.3, 0.4) is 0 Å². The molecule has 0 aliphatic heterocycles. The molecule has 1 aromatic heterocycles. The van der Waals surface area contributed by atoms with Crippen molar-refractivity contribution in [1.82, 2.24) is 19.8 Å². The third-order valence-corrected chi connectivity index (χ3v) is 4.49. The Morgan fingerprint density at radius 3 is 2.54 bits per heavy atom. The first kappa shape index (κ1) is 18.1. The fraction of sp³-hybridized carbons (Fsp3) is 0.438. The van der Waals surface area contributed by atoms with Crippen molar-refractivity contribution in [2.45, 2.75) is 32.5 Å². The van der Waals surface area contributed by atoms with E-state index in [1.54, 1.807) is 4.90 Å². The van der Waals surface area contributed by atoms with Crippen LogP contribution in [0.25, 0.3) is 0 Å². The number of aryl methyl sites for hydroxylation is 1. The van der Waals surface area contributed by atoms with Gasteiger partial charge in [0, 0.05) is 13.1 Å².